The molecule has 7 heteroatoms. The van der Waals surface area contributed by atoms with Gasteiger partial charge in [-0.25, -0.2) is 13.2 Å². The smallest absolute Gasteiger partial charge is 0.254 e. The average Bonchev–Trinajstić information content (AvgIpc) is 3.12. The van der Waals surface area contributed by atoms with Crippen LogP contribution in [0, 0.1) is 17.5 Å². The van der Waals surface area contributed by atoms with Gasteiger partial charge in [0.25, 0.3) is 5.91 Å². The van der Waals surface area contributed by atoms with Crippen molar-refractivity contribution in [2.75, 3.05) is 7.11 Å². The first kappa shape index (κ1) is 23.4. The van der Waals surface area contributed by atoms with Gasteiger partial charge in [-0.15, -0.1) is 0 Å². The predicted octanol–water partition coefficient (Wildman–Crippen LogP) is 6.17. The monoisotopic (exact) mass is 466 g/mol. The quantitative estimate of drug-likeness (QED) is 0.354. The van der Waals surface area contributed by atoms with Crippen molar-refractivity contribution < 1.29 is 22.7 Å². The Morgan fingerprint density at radius 1 is 0.941 bits per heavy atom. The molecule has 0 unspecified atom stereocenters. The summed E-state index contributed by atoms with van der Waals surface area (Å²) in [4.78, 5) is 13.4. The van der Waals surface area contributed by atoms with Crippen LogP contribution in [0.5, 0.6) is 5.75 Å². The molecule has 0 fully saturated rings. The van der Waals surface area contributed by atoms with Crippen LogP contribution in [-0.4, -0.2) is 17.6 Å². The molecule has 1 amide bonds. The van der Waals surface area contributed by atoms with Crippen molar-refractivity contribution in [3.8, 4) is 5.75 Å². The summed E-state index contributed by atoms with van der Waals surface area (Å²) < 4.78 is 48.8. The minimum atomic E-state index is -0.983. The molecule has 0 aliphatic heterocycles. The highest BCUT2D eigenvalue weighted by Crippen LogP contribution is 2.35. The first-order chi connectivity index (χ1) is 16.3. The lowest BCUT2D eigenvalue weighted by Gasteiger charge is -2.16. The lowest BCUT2D eigenvalue weighted by atomic mass is 10.0. The van der Waals surface area contributed by atoms with Crippen LogP contribution in [0.3, 0.4) is 0 Å². The number of carbonyl (C=O) groups is 1. The van der Waals surface area contributed by atoms with Gasteiger partial charge in [-0.05, 0) is 35.2 Å². The Morgan fingerprint density at radius 3 is 2.32 bits per heavy atom. The number of aromatic nitrogens is 1. The zero-order valence-corrected chi connectivity index (χ0v) is 19.2. The van der Waals surface area contributed by atoms with Gasteiger partial charge in [0.05, 0.1) is 18.2 Å². The molecular weight excluding hydrogens is 441 g/mol. The molecule has 0 saturated heterocycles. The number of amides is 1. The molecule has 0 spiro atoms. The first-order valence-electron chi connectivity index (χ1n) is 11.0. The van der Waals surface area contributed by atoms with Crippen LogP contribution >= 0.6 is 0 Å². The Balaban J connectivity index is 1.82. The maximum Gasteiger partial charge on any atom is 0.254 e. The number of nitrogens with zero attached hydrogens (tertiary/aromatic N) is 1. The maximum absolute atomic E-state index is 14.7. The van der Waals surface area contributed by atoms with Crippen LogP contribution in [0.4, 0.5) is 13.2 Å². The fraction of sp³-hybridized carbons (Fsp3) is 0.222. The summed E-state index contributed by atoms with van der Waals surface area (Å²) in [6.45, 7) is 4.42. The molecule has 4 aromatic rings. The van der Waals surface area contributed by atoms with E-state index >= 15 is 0 Å². The van der Waals surface area contributed by atoms with Gasteiger partial charge in [-0.2, -0.15) is 0 Å². The van der Waals surface area contributed by atoms with Gasteiger partial charge >= 0.3 is 0 Å². The molecule has 0 aliphatic carbocycles. The highest BCUT2D eigenvalue weighted by Gasteiger charge is 2.26. The minimum absolute atomic E-state index is 0.00242. The number of rotatable bonds is 7. The van der Waals surface area contributed by atoms with E-state index < -0.39 is 23.4 Å². The number of ether oxygens (including phenoxy) is 1. The fourth-order valence-electron chi connectivity index (χ4n) is 4.22. The molecule has 176 valence electrons. The second kappa shape index (κ2) is 9.63. The number of methoxy groups -OCH3 is 1. The molecule has 0 bridgehead atoms. The van der Waals surface area contributed by atoms with Crippen LogP contribution in [0.1, 0.15) is 46.9 Å². The normalized spacial score (nSPS) is 11.3. The number of benzene rings is 3. The highest BCUT2D eigenvalue weighted by molar-refractivity contribution is 6.09. The largest absolute Gasteiger partial charge is 0.494 e. The number of nitrogens with one attached hydrogen (secondary N) is 1. The molecule has 0 radical (unpaired) electrons. The molecule has 34 heavy (non-hydrogen) atoms. The van der Waals surface area contributed by atoms with E-state index in [9.17, 15) is 18.0 Å². The lowest BCUT2D eigenvalue weighted by molar-refractivity contribution is 0.0951. The van der Waals surface area contributed by atoms with Crippen molar-refractivity contribution in [3.63, 3.8) is 0 Å². The van der Waals surface area contributed by atoms with Gasteiger partial charge in [0, 0.05) is 30.2 Å². The molecule has 0 aliphatic rings. The fourth-order valence-corrected chi connectivity index (χ4v) is 4.22. The van der Waals surface area contributed by atoms with Crippen LogP contribution < -0.4 is 10.1 Å². The third kappa shape index (κ3) is 4.51. The van der Waals surface area contributed by atoms with Crippen LogP contribution in [0.25, 0.3) is 10.9 Å². The second-order valence-corrected chi connectivity index (χ2v) is 8.42. The van der Waals surface area contributed by atoms with E-state index in [0.717, 1.165) is 23.4 Å². The van der Waals surface area contributed by atoms with Gasteiger partial charge in [0.1, 0.15) is 0 Å². The third-order valence-corrected chi connectivity index (χ3v) is 5.77. The summed E-state index contributed by atoms with van der Waals surface area (Å²) >= 11 is 0. The van der Waals surface area contributed by atoms with Crippen molar-refractivity contribution in [1.82, 2.24) is 9.88 Å². The molecule has 1 N–H and O–H groups in total. The van der Waals surface area contributed by atoms with Crippen LogP contribution in [-0.2, 0) is 13.1 Å². The standard InChI is InChI=1S/C27H25F3N2O2/c1-16(2)26-25(27(33)31-14-18-9-10-20(28)21(29)11-18)19-12-22(30)24(34-3)13-23(19)32(26)15-17-7-5-4-6-8-17/h4-13,16H,14-15H2,1-3H3,(H,31,33). The van der Waals surface area contributed by atoms with E-state index in [4.69, 9.17) is 4.74 Å². The zero-order valence-electron chi connectivity index (χ0n) is 19.2. The number of fused-ring (bicyclic) bond motifs is 1. The molecule has 0 atom stereocenters. The van der Waals surface area contributed by atoms with Gasteiger partial charge in [-0.1, -0.05) is 50.2 Å². The SMILES string of the molecule is COc1cc2c(cc1F)c(C(=O)NCc1ccc(F)c(F)c1)c(C(C)C)n2Cc1ccccc1. The van der Waals surface area contributed by atoms with Crippen molar-refractivity contribution in [3.05, 3.63) is 100 Å². The Morgan fingerprint density at radius 2 is 1.68 bits per heavy atom. The molecule has 0 saturated carbocycles. The summed E-state index contributed by atoms with van der Waals surface area (Å²) in [5, 5.41) is 3.24. The molecule has 4 rings (SSSR count). The Bertz CT molecular complexity index is 1350. The second-order valence-electron chi connectivity index (χ2n) is 8.42. The number of carbonyl (C=O) groups excluding carboxylic acids is 1. The first-order valence-corrected chi connectivity index (χ1v) is 11.0. The molecule has 4 nitrogen and oxygen atoms in total. The molecule has 1 aromatic heterocycles. The maximum atomic E-state index is 14.7. The van der Waals surface area contributed by atoms with E-state index in [2.05, 4.69) is 5.32 Å². The summed E-state index contributed by atoms with van der Waals surface area (Å²) in [7, 11) is 1.40. The Kier molecular flexibility index (Phi) is 6.63. The predicted molar refractivity (Wildman–Crippen MR) is 126 cm³/mol. The van der Waals surface area contributed by atoms with Crippen molar-refractivity contribution in [2.24, 2.45) is 0 Å². The minimum Gasteiger partial charge on any atom is -0.494 e. The third-order valence-electron chi connectivity index (χ3n) is 5.77. The van der Waals surface area contributed by atoms with Crippen LogP contribution in [0.15, 0.2) is 60.7 Å². The van der Waals surface area contributed by atoms with Crippen molar-refractivity contribution in [1.29, 1.82) is 0 Å². The van der Waals surface area contributed by atoms with Crippen molar-refractivity contribution >= 4 is 16.8 Å². The van der Waals surface area contributed by atoms with E-state index in [1.807, 2.05) is 48.7 Å². The lowest BCUT2D eigenvalue weighted by Crippen LogP contribution is -2.24. The van der Waals surface area contributed by atoms with Gasteiger partial charge in [0.15, 0.2) is 23.2 Å². The van der Waals surface area contributed by atoms with Crippen LogP contribution in [0.2, 0.25) is 0 Å². The summed E-state index contributed by atoms with van der Waals surface area (Å²) in [6.07, 6.45) is 0. The Hall–Kier alpha value is -3.74. The Labute approximate surface area is 196 Å². The van der Waals surface area contributed by atoms with E-state index in [1.54, 1.807) is 6.07 Å². The number of halogens is 3. The molecule has 1 heterocycles. The number of hydrogen-bond donors (Lipinski definition) is 1. The van der Waals surface area contributed by atoms with Crippen molar-refractivity contribution in [2.45, 2.75) is 32.9 Å². The molecular formula is C27H25F3N2O2. The topological polar surface area (TPSA) is 43.3 Å². The summed E-state index contributed by atoms with van der Waals surface area (Å²) in [6, 6.07) is 16.2. The van der Waals surface area contributed by atoms with E-state index in [0.29, 0.717) is 28.6 Å². The highest BCUT2D eigenvalue weighted by atomic mass is 19.2. The van der Waals surface area contributed by atoms with Gasteiger partial charge in [0.2, 0.25) is 0 Å². The van der Waals surface area contributed by atoms with Gasteiger partial charge < -0.3 is 14.6 Å². The zero-order chi connectivity index (χ0) is 24.4. The summed E-state index contributed by atoms with van der Waals surface area (Å²) in [5.74, 6) is -2.90. The molecule has 3 aromatic carbocycles. The number of hydrogen-bond acceptors (Lipinski definition) is 2. The average molecular weight is 467 g/mol. The summed E-state index contributed by atoms with van der Waals surface area (Å²) in [5.41, 5.74) is 3.21. The van der Waals surface area contributed by atoms with E-state index in [1.165, 1.54) is 19.2 Å². The van der Waals surface area contributed by atoms with Gasteiger partial charge in [-0.3, -0.25) is 4.79 Å². The van der Waals surface area contributed by atoms with E-state index in [-0.39, 0.29) is 18.2 Å².